The van der Waals surface area contributed by atoms with Crippen molar-refractivity contribution in [1.82, 2.24) is 30.1 Å². The smallest absolute Gasteiger partial charge is 0.354 e. The third kappa shape index (κ3) is 4.02. The number of aromatic nitrogens is 6. The van der Waals surface area contributed by atoms with E-state index in [1.165, 1.54) is 0 Å². The van der Waals surface area contributed by atoms with Crippen molar-refractivity contribution in [1.29, 1.82) is 0 Å². The van der Waals surface area contributed by atoms with E-state index < -0.39 is 5.97 Å². The minimum Gasteiger partial charge on any atom is -0.491 e. The number of carboxylic acid groups (broad SMARTS) is 1. The molecule has 11 nitrogen and oxygen atoms in total. The Labute approximate surface area is 183 Å². The second-order valence-electron chi connectivity index (χ2n) is 8.36. The van der Waals surface area contributed by atoms with Gasteiger partial charge in [0.15, 0.2) is 0 Å². The SMILES string of the molecule is Cc1nc(-c2nnn(C)c2COc2noc(C3CC3)n2)ccc1OC[C@@H]1CC[C@H]1C(=O)O. The van der Waals surface area contributed by atoms with Crippen molar-refractivity contribution in [3.05, 3.63) is 29.4 Å². The van der Waals surface area contributed by atoms with Gasteiger partial charge >= 0.3 is 12.0 Å². The predicted octanol–water partition coefficient (Wildman–Crippen LogP) is 2.51. The largest absolute Gasteiger partial charge is 0.491 e. The van der Waals surface area contributed by atoms with E-state index in [4.69, 9.17) is 14.0 Å². The molecule has 2 aliphatic rings. The second-order valence-corrected chi connectivity index (χ2v) is 8.36. The first kappa shape index (κ1) is 20.4. The molecule has 5 rings (SSSR count). The first-order valence-corrected chi connectivity index (χ1v) is 10.7. The van der Waals surface area contributed by atoms with Crippen LogP contribution in [0.3, 0.4) is 0 Å². The number of carbonyl (C=O) groups is 1. The third-order valence-electron chi connectivity index (χ3n) is 6.10. The average Bonchev–Trinajstić information content (AvgIpc) is 3.36. The summed E-state index contributed by atoms with van der Waals surface area (Å²) in [6, 6.07) is 3.83. The zero-order valence-corrected chi connectivity index (χ0v) is 17.9. The molecule has 2 fully saturated rings. The Morgan fingerprint density at radius 3 is 2.75 bits per heavy atom. The zero-order valence-electron chi connectivity index (χ0n) is 17.9. The van der Waals surface area contributed by atoms with Gasteiger partial charge < -0.3 is 19.1 Å². The highest BCUT2D eigenvalue weighted by atomic mass is 16.6. The van der Waals surface area contributed by atoms with E-state index >= 15 is 0 Å². The molecule has 3 heterocycles. The Kier molecular flexibility index (Phi) is 5.24. The summed E-state index contributed by atoms with van der Waals surface area (Å²) in [7, 11) is 1.78. The Morgan fingerprint density at radius 2 is 2.06 bits per heavy atom. The van der Waals surface area contributed by atoms with Gasteiger partial charge in [0.2, 0.25) is 5.89 Å². The van der Waals surface area contributed by atoms with Crippen LogP contribution < -0.4 is 9.47 Å². The van der Waals surface area contributed by atoms with Gasteiger partial charge in [0.1, 0.15) is 23.7 Å². The molecule has 0 aliphatic heterocycles. The molecule has 1 N–H and O–H groups in total. The highest BCUT2D eigenvalue weighted by Crippen LogP contribution is 2.39. The number of carboxylic acids is 1. The fraction of sp³-hybridized carbons (Fsp3) is 0.524. The molecule has 0 spiro atoms. The van der Waals surface area contributed by atoms with Crippen LogP contribution in [0.25, 0.3) is 11.4 Å². The number of ether oxygens (including phenoxy) is 2. The second kappa shape index (κ2) is 8.21. The maximum Gasteiger partial charge on any atom is 0.354 e. The first-order chi connectivity index (χ1) is 15.5. The van der Waals surface area contributed by atoms with Crippen LogP contribution in [0, 0.1) is 18.8 Å². The summed E-state index contributed by atoms with van der Waals surface area (Å²) >= 11 is 0. The van der Waals surface area contributed by atoms with Gasteiger partial charge in [-0.1, -0.05) is 5.21 Å². The molecule has 2 saturated carbocycles. The summed E-state index contributed by atoms with van der Waals surface area (Å²) in [6.07, 6.45) is 3.72. The molecule has 11 heteroatoms. The van der Waals surface area contributed by atoms with Crippen LogP contribution in [-0.2, 0) is 18.4 Å². The van der Waals surface area contributed by atoms with Gasteiger partial charge in [0, 0.05) is 18.9 Å². The number of hydrogen-bond donors (Lipinski definition) is 1. The number of aliphatic carboxylic acids is 1. The summed E-state index contributed by atoms with van der Waals surface area (Å²) in [5, 5.41) is 21.4. The van der Waals surface area contributed by atoms with Crippen molar-refractivity contribution in [2.75, 3.05) is 6.61 Å². The molecule has 0 amide bonds. The monoisotopic (exact) mass is 440 g/mol. The van der Waals surface area contributed by atoms with Crippen LogP contribution in [-0.4, -0.2) is 47.8 Å². The average molecular weight is 440 g/mol. The standard InChI is InChI=1S/C21H24N6O5/c1-11-17(30-9-13-5-6-14(13)20(28)29)8-7-15(22-11)18-16(27(2)26-24-18)10-31-21-23-19(32-25-21)12-3-4-12/h7-8,12-14H,3-6,9-10H2,1-2H3,(H,28,29)/t13-,14+/m0/s1. The number of aryl methyl sites for hydroxylation is 2. The van der Waals surface area contributed by atoms with Crippen LogP contribution >= 0.6 is 0 Å². The molecule has 0 radical (unpaired) electrons. The van der Waals surface area contributed by atoms with Gasteiger partial charge in [-0.15, -0.1) is 5.10 Å². The highest BCUT2D eigenvalue weighted by molar-refractivity contribution is 5.71. The summed E-state index contributed by atoms with van der Waals surface area (Å²) in [5.41, 5.74) is 2.65. The Hall–Kier alpha value is -3.50. The van der Waals surface area contributed by atoms with Gasteiger partial charge in [-0.25, -0.2) is 9.67 Å². The van der Waals surface area contributed by atoms with Gasteiger partial charge in [0.05, 0.1) is 23.9 Å². The molecule has 2 atom stereocenters. The lowest BCUT2D eigenvalue weighted by molar-refractivity contribution is -0.148. The quantitative estimate of drug-likeness (QED) is 0.528. The number of hydrogen-bond acceptors (Lipinski definition) is 9. The molecule has 32 heavy (non-hydrogen) atoms. The lowest BCUT2D eigenvalue weighted by Crippen LogP contribution is -2.36. The van der Waals surface area contributed by atoms with Gasteiger partial charge in [-0.3, -0.25) is 4.79 Å². The molecular weight excluding hydrogens is 416 g/mol. The molecular formula is C21H24N6O5. The summed E-state index contributed by atoms with van der Waals surface area (Å²) in [4.78, 5) is 20.1. The van der Waals surface area contributed by atoms with Crippen LogP contribution in [0.1, 0.15) is 48.9 Å². The molecule has 168 valence electrons. The minimum absolute atomic E-state index is 0.0425. The Morgan fingerprint density at radius 1 is 1.22 bits per heavy atom. The molecule has 3 aromatic heterocycles. The number of pyridine rings is 1. The van der Waals surface area contributed by atoms with Crippen molar-refractivity contribution in [2.45, 2.75) is 45.1 Å². The van der Waals surface area contributed by atoms with E-state index in [0.29, 0.717) is 47.7 Å². The maximum atomic E-state index is 11.2. The van der Waals surface area contributed by atoms with E-state index in [0.717, 1.165) is 25.0 Å². The van der Waals surface area contributed by atoms with Gasteiger partial charge in [-0.05, 0) is 49.9 Å². The van der Waals surface area contributed by atoms with Crippen LogP contribution in [0.4, 0.5) is 0 Å². The normalized spacial score (nSPS) is 20.1. The van der Waals surface area contributed by atoms with E-state index in [1.54, 1.807) is 11.7 Å². The van der Waals surface area contributed by atoms with Crippen molar-refractivity contribution >= 4 is 5.97 Å². The van der Waals surface area contributed by atoms with Crippen molar-refractivity contribution in [2.24, 2.45) is 18.9 Å². The third-order valence-corrected chi connectivity index (χ3v) is 6.10. The summed E-state index contributed by atoms with van der Waals surface area (Å²) in [5.74, 6) is 0.585. The van der Waals surface area contributed by atoms with E-state index in [2.05, 4.69) is 25.4 Å². The number of nitrogens with zero attached hydrogens (tertiary/aromatic N) is 6. The molecule has 0 unspecified atom stereocenters. The molecule has 0 saturated heterocycles. The molecule has 0 aromatic carbocycles. The Balaban J connectivity index is 1.26. The Bertz CT molecular complexity index is 1140. The first-order valence-electron chi connectivity index (χ1n) is 10.7. The van der Waals surface area contributed by atoms with Crippen molar-refractivity contribution < 1.29 is 23.9 Å². The van der Waals surface area contributed by atoms with Crippen LogP contribution in [0.5, 0.6) is 11.8 Å². The van der Waals surface area contributed by atoms with Gasteiger partial charge in [-0.2, -0.15) is 4.98 Å². The fourth-order valence-electron chi connectivity index (χ4n) is 3.77. The van der Waals surface area contributed by atoms with E-state index in [1.807, 2.05) is 19.1 Å². The molecule has 2 aliphatic carbocycles. The highest BCUT2D eigenvalue weighted by Gasteiger charge is 2.37. The summed E-state index contributed by atoms with van der Waals surface area (Å²) in [6.45, 7) is 2.38. The predicted molar refractivity (Wildman–Crippen MR) is 109 cm³/mol. The van der Waals surface area contributed by atoms with Crippen LogP contribution in [0.15, 0.2) is 16.7 Å². The lowest BCUT2D eigenvalue weighted by atomic mass is 9.74. The topological polar surface area (TPSA) is 138 Å². The lowest BCUT2D eigenvalue weighted by Gasteiger charge is -2.33. The fourth-order valence-corrected chi connectivity index (χ4v) is 3.77. The van der Waals surface area contributed by atoms with Gasteiger partial charge in [0.25, 0.3) is 0 Å². The maximum absolute atomic E-state index is 11.2. The van der Waals surface area contributed by atoms with E-state index in [-0.39, 0.29) is 24.5 Å². The zero-order chi connectivity index (χ0) is 22.2. The van der Waals surface area contributed by atoms with Crippen LogP contribution in [0.2, 0.25) is 0 Å². The number of rotatable bonds is 9. The molecule has 3 aromatic rings. The minimum atomic E-state index is -0.753. The van der Waals surface area contributed by atoms with E-state index in [9.17, 15) is 9.90 Å². The van der Waals surface area contributed by atoms with Crippen molar-refractivity contribution in [3.8, 4) is 23.1 Å². The molecule has 0 bridgehead atoms. The van der Waals surface area contributed by atoms with Crippen molar-refractivity contribution in [3.63, 3.8) is 0 Å². The summed E-state index contributed by atoms with van der Waals surface area (Å²) < 4.78 is 18.4.